The fraction of sp³-hybridized carbons (Fsp3) is 0.429. The van der Waals surface area contributed by atoms with Crippen LogP contribution in [0.3, 0.4) is 0 Å². The molecule has 3 heterocycles. The minimum Gasteiger partial charge on any atom is -0.496 e. The van der Waals surface area contributed by atoms with Crippen molar-refractivity contribution in [3.8, 4) is 16.9 Å². The van der Waals surface area contributed by atoms with Crippen molar-refractivity contribution in [2.75, 3.05) is 12.0 Å². The molecular weight excluding hydrogens is 536 g/mol. The Labute approximate surface area is 252 Å². The van der Waals surface area contributed by atoms with Gasteiger partial charge in [0.15, 0.2) is 8.24 Å². The number of nitrogens with zero attached hydrogens (tertiary/aromatic N) is 3. The van der Waals surface area contributed by atoms with Gasteiger partial charge in [-0.15, -0.1) is 0 Å². The maximum atomic E-state index is 14.0. The first-order valence-electron chi connectivity index (χ1n) is 15.2. The number of hydrogen-bond acceptors (Lipinski definition) is 3. The SMILES string of the molecule is COc1ccccc1C1c2c(C(C)(C)C)n[nH]c2C(=O)N1c1ccc(-c2ccn([Si](C(C)C)(C(C)C)C(C)C)c2)cc1. The zero-order valence-electron chi connectivity index (χ0n) is 26.8. The van der Waals surface area contributed by atoms with Crippen molar-refractivity contribution in [3.63, 3.8) is 0 Å². The number of rotatable bonds is 8. The lowest BCUT2D eigenvalue weighted by Crippen LogP contribution is -2.51. The lowest BCUT2D eigenvalue weighted by atomic mass is 9.85. The molecule has 0 fully saturated rings. The Morgan fingerprint density at radius 2 is 1.50 bits per heavy atom. The zero-order chi connectivity index (χ0) is 30.6. The van der Waals surface area contributed by atoms with Crippen LogP contribution in [-0.4, -0.2) is 35.7 Å². The Morgan fingerprint density at radius 1 is 0.881 bits per heavy atom. The Morgan fingerprint density at radius 3 is 2.07 bits per heavy atom. The van der Waals surface area contributed by atoms with Crippen LogP contribution in [0.2, 0.25) is 16.6 Å². The Bertz CT molecular complexity index is 1550. The van der Waals surface area contributed by atoms with E-state index in [1.807, 2.05) is 29.2 Å². The first-order chi connectivity index (χ1) is 19.8. The highest BCUT2D eigenvalue weighted by Crippen LogP contribution is 2.48. The van der Waals surface area contributed by atoms with E-state index < -0.39 is 8.24 Å². The Balaban J connectivity index is 1.57. The summed E-state index contributed by atoms with van der Waals surface area (Å²) in [7, 11) is -0.142. The second-order valence-corrected chi connectivity index (χ2v) is 19.4. The summed E-state index contributed by atoms with van der Waals surface area (Å²) in [5.74, 6) is 0.671. The molecule has 2 aromatic heterocycles. The van der Waals surface area contributed by atoms with Crippen LogP contribution in [-0.2, 0) is 5.41 Å². The van der Waals surface area contributed by atoms with Gasteiger partial charge in [-0.3, -0.25) is 14.8 Å². The van der Waals surface area contributed by atoms with E-state index in [1.165, 1.54) is 5.56 Å². The summed E-state index contributed by atoms with van der Waals surface area (Å²) in [4.78, 5) is 15.9. The van der Waals surface area contributed by atoms with Crippen molar-refractivity contribution in [2.45, 2.75) is 90.4 Å². The fourth-order valence-electron chi connectivity index (χ4n) is 7.69. The van der Waals surface area contributed by atoms with Crippen molar-refractivity contribution in [3.05, 3.63) is 89.5 Å². The number of carbonyl (C=O) groups is 1. The average Bonchev–Trinajstić information content (AvgIpc) is 3.65. The molecule has 1 amide bonds. The number of ether oxygens (including phenoxy) is 1. The molecule has 0 saturated heterocycles. The Kier molecular flexibility index (Phi) is 7.77. The van der Waals surface area contributed by atoms with Crippen LogP contribution >= 0.6 is 0 Å². The van der Waals surface area contributed by atoms with E-state index in [2.05, 4.69) is 119 Å². The highest BCUT2D eigenvalue weighted by Gasteiger charge is 2.46. The maximum absolute atomic E-state index is 14.0. The van der Waals surface area contributed by atoms with Crippen LogP contribution in [0, 0.1) is 0 Å². The lowest BCUT2D eigenvalue weighted by Gasteiger charge is -2.44. The average molecular weight is 583 g/mol. The molecule has 6 nitrogen and oxygen atoms in total. The van der Waals surface area contributed by atoms with Gasteiger partial charge in [-0.1, -0.05) is 92.6 Å². The van der Waals surface area contributed by atoms with Gasteiger partial charge in [-0.2, -0.15) is 5.10 Å². The number of nitrogens with one attached hydrogen (secondary N) is 1. The molecule has 1 N–H and O–H groups in total. The third kappa shape index (κ3) is 4.62. The summed E-state index contributed by atoms with van der Waals surface area (Å²) >= 11 is 0. The van der Waals surface area contributed by atoms with Crippen molar-refractivity contribution in [1.82, 2.24) is 14.4 Å². The first-order valence-corrected chi connectivity index (χ1v) is 17.4. The normalized spacial score (nSPS) is 15.8. The molecule has 42 heavy (non-hydrogen) atoms. The van der Waals surface area contributed by atoms with E-state index in [4.69, 9.17) is 4.74 Å². The number of anilines is 1. The van der Waals surface area contributed by atoms with Gasteiger partial charge < -0.3 is 8.97 Å². The second-order valence-electron chi connectivity index (χ2n) is 13.6. The number of amides is 1. The minimum atomic E-state index is -1.82. The van der Waals surface area contributed by atoms with Gasteiger partial charge in [0.25, 0.3) is 5.91 Å². The number of methoxy groups -OCH3 is 1. The molecule has 1 unspecified atom stereocenters. The predicted octanol–water partition coefficient (Wildman–Crippen LogP) is 8.96. The van der Waals surface area contributed by atoms with E-state index >= 15 is 0 Å². The van der Waals surface area contributed by atoms with Crippen LogP contribution in [0.4, 0.5) is 5.69 Å². The van der Waals surface area contributed by atoms with E-state index in [-0.39, 0.29) is 17.4 Å². The molecule has 5 rings (SSSR count). The molecule has 1 aliphatic heterocycles. The molecular formula is C35H46N4O2Si. The van der Waals surface area contributed by atoms with Crippen molar-refractivity contribution in [2.24, 2.45) is 0 Å². The maximum Gasteiger partial charge on any atom is 0.277 e. The van der Waals surface area contributed by atoms with Gasteiger partial charge in [-0.25, -0.2) is 0 Å². The molecule has 1 aliphatic rings. The van der Waals surface area contributed by atoms with Gasteiger partial charge in [0.1, 0.15) is 11.4 Å². The number of carbonyl (C=O) groups excluding carboxylic acids is 1. The lowest BCUT2D eigenvalue weighted by molar-refractivity contribution is 0.0988. The molecule has 0 bridgehead atoms. The molecule has 2 aromatic carbocycles. The number of hydrogen-bond donors (Lipinski definition) is 1. The van der Waals surface area contributed by atoms with Gasteiger partial charge in [0.2, 0.25) is 0 Å². The van der Waals surface area contributed by atoms with E-state index in [1.54, 1.807) is 7.11 Å². The number of fused-ring (bicyclic) bond motifs is 1. The topological polar surface area (TPSA) is 63.1 Å². The quantitative estimate of drug-likeness (QED) is 0.211. The van der Waals surface area contributed by atoms with Gasteiger partial charge in [-0.05, 0) is 58.2 Å². The zero-order valence-corrected chi connectivity index (χ0v) is 27.8. The smallest absolute Gasteiger partial charge is 0.277 e. The second kappa shape index (κ2) is 10.9. The van der Waals surface area contributed by atoms with Crippen LogP contribution < -0.4 is 9.64 Å². The summed E-state index contributed by atoms with van der Waals surface area (Å²) in [5.41, 5.74) is 8.15. The number of aromatic amines is 1. The highest BCUT2D eigenvalue weighted by molar-refractivity contribution is 6.82. The summed E-state index contributed by atoms with van der Waals surface area (Å²) in [6.45, 7) is 20.7. The molecule has 0 saturated carbocycles. The van der Waals surface area contributed by atoms with Crippen molar-refractivity contribution < 1.29 is 9.53 Å². The third-order valence-corrected chi connectivity index (χ3v) is 16.0. The number of aromatic nitrogens is 3. The van der Waals surface area contributed by atoms with E-state index in [0.717, 1.165) is 33.8 Å². The largest absolute Gasteiger partial charge is 0.496 e. The molecule has 0 radical (unpaired) electrons. The summed E-state index contributed by atoms with van der Waals surface area (Å²) in [6.07, 6.45) is 4.65. The van der Waals surface area contributed by atoms with Gasteiger partial charge in [0.05, 0.1) is 18.8 Å². The third-order valence-electron chi connectivity index (χ3n) is 9.31. The number of para-hydroxylation sites is 1. The molecule has 0 spiro atoms. The summed E-state index contributed by atoms with van der Waals surface area (Å²) in [6, 6.07) is 18.3. The van der Waals surface area contributed by atoms with Crippen LogP contribution in [0.15, 0.2) is 67.0 Å². The van der Waals surface area contributed by atoms with Crippen molar-refractivity contribution in [1.29, 1.82) is 0 Å². The molecule has 222 valence electrons. The van der Waals surface area contributed by atoms with Gasteiger partial charge in [0, 0.05) is 28.4 Å². The fourth-order valence-corrected chi connectivity index (χ4v) is 14.2. The molecule has 7 heteroatoms. The van der Waals surface area contributed by atoms with Crippen LogP contribution in [0.1, 0.15) is 95.7 Å². The van der Waals surface area contributed by atoms with E-state index in [9.17, 15) is 4.79 Å². The highest BCUT2D eigenvalue weighted by atomic mass is 28.3. The Hall–Kier alpha value is -3.58. The summed E-state index contributed by atoms with van der Waals surface area (Å²) < 4.78 is 8.36. The van der Waals surface area contributed by atoms with Crippen LogP contribution in [0.5, 0.6) is 5.75 Å². The van der Waals surface area contributed by atoms with Gasteiger partial charge >= 0.3 is 0 Å². The number of benzene rings is 2. The first kappa shape index (κ1) is 29.9. The van der Waals surface area contributed by atoms with Crippen molar-refractivity contribution >= 4 is 19.8 Å². The minimum absolute atomic E-state index is 0.0793. The van der Waals surface area contributed by atoms with Crippen LogP contribution in [0.25, 0.3) is 11.1 Å². The monoisotopic (exact) mass is 582 g/mol. The summed E-state index contributed by atoms with van der Waals surface area (Å²) in [5, 5.41) is 7.70. The molecule has 0 aliphatic carbocycles. The molecule has 4 aromatic rings. The standard InChI is InChI=1S/C35H46N4O2Si/c1-22(2)42(23(3)4,24(5)6)38-20-19-26(21-38)25-15-17-27(18-16-25)39-32(28-13-11-12-14-29(28)41-10)30-31(34(39)40)36-37-33(30)35(7,8)9/h11-24,32H,1-10H3,(H,36,37). The number of H-pyrrole nitrogens is 1. The van der Waals surface area contributed by atoms with E-state index in [0.29, 0.717) is 22.3 Å². The predicted molar refractivity (Wildman–Crippen MR) is 175 cm³/mol. The molecule has 1 atom stereocenters.